The maximum Gasteiger partial charge on any atom is 0.133 e. The van der Waals surface area contributed by atoms with E-state index in [1.807, 2.05) is 0 Å². The SMILES string of the molecule is Cc1ccc2[nH]c3c(c2c1)CCCc1conc1-3. The molecule has 1 N–H and O–H groups in total. The molecule has 3 heteroatoms. The highest BCUT2D eigenvalue weighted by Gasteiger charge is 2.21. The molecule has 0 amide bonds. The average molecular weight is 238 g/mol. The minimum Gasteiger partial charge on any atom is -0.364 e. The first-order valence-electron chi connectivity index (χ1n) is 6.38. The molecule has 90 valence electrons. The highest BCUT2D eigenvalue weighted by molar-refractivity contribution is 5.91. The highest BCUT2D eigenvalue weighted by atomic mass is 16.5. The normalized spacial score (nSPS) is 14.3. The van der Waals surface area contributed by atoms with Crippen LogP contribution in [0.25, 0.3) is 22.3 Å². The summed E-state index contributed by atoms with van der Waals surface area (Å²) < 4.78 is 5.13. The number of aromatic nitrogens is 2. The van der Waals surface area contributed by atoms with Gasteiger partial charge in [-0.1, -0.05) is 16.8 Å². The van der Waals surface area contributed by atoms with E-state index in [4.69, 9.17) is 4.52 Å². The Labute approximate surface area is 105 Å². The van der Waals surface area contributed by atoms with Crippen molar-refractivity contribution in [1.82, 2.24) is 10.1 Å². The van der Waals surface area contributed by atoms with E-state index in [0.717, 1.165) is 30.7 Å². The first-order valence-corrected chi connectivity index (χ1v) is 6.38. The van der Waals surface area contributed by atoms with E-state index in [0.29, 0.717) is 0 Å². The van der Waals surface area contributed by atoms with Crippen molar-refractivity contribution < 1.29 is 4.52 Å². The van der Waals surface area contributed by atoms with Crippen molar-refractivity contribution in [2.45, 2.75) is 26.2 Å². The molecule has 0 fully saturated rings. The molecule has 0 spiro atoms. The summed E-state index contributed by atoms with van der Waals surface area (Å²) in [6, 6.07) is 6.55. The summed E-state index contributed by atoms with van der Waals surface area (Å²) in [6.07, 6.45) is 5.09. The number of nitrogens with one attached hydrogen (secondary N) is 1. The van der Waals surface area contributed by atoms with Crippen LogP contribution in [0, 0.1) is 6.92 Å². The van der Waals surface area contributed by atoms with Crippen LogP contribution >= 0.6 is 0 Å². The Kier molecular flexibility index (Phi) is 1.92. The third-order valence-corrected chi connectivity index (χ3v) is 3.81. The predicted octanol–water partition coefficient (Wildman–Crippen LogP) is 3.62. The molecule has 0 saturated carbocycles. The Morgan fingerprint density at radius 2 is 2.22 bits per heavy atom. The summed E-state index contributed by atoms with van der Waals surface area (Å²) in [4.78, 5) is 3.50. The molecule has 18 heavy (non-hydrogen) atoms. The van der Waals surface area contributed by atoms with E-state index >= 15 is 0 Å². The van der Waals surface area contributed by atoms with Crippen molar-refractivity contribution in [1.29, 1.82) is 0 Å². The third-order valence-electron chi connectivity index (χ3n) is 3.81. The molecule has 0 atom stereocenters. The van der Waals surface area contributed by atoms with Crippen LogP contribution in [0.1, 0.15) is 23.1 Å². The number of aryl methyl sites for hydroxylation is 3. The van der Waals surface area contributed by atoms with Crippen LogP contribution in [0.4, 0.5) is 0 Å². The largest absolute Gasteiger partial charge is 0.364 e. The first-order chi connectivity index (χ1) is 8.83. The minimum absolute atomic E-state index is 0.997. The molecule has 0 bridgehead atoms. The number of H-pyrrole nitrogens is 1. The number of hydrogen-bond donors (Lipinski definition) is 1. The fourth-order valence-electron chi connectivity index (χ4n) is 2.92. The quantitative estimate of drug-likeness (QED) is 0.650. The molecule has 1 aliphatic rings. The van der Waals surface area contributed by atoms with Gasteiger partial charge >= 0.3 is 0 Å². The molecule has 3 aromatic rings. The summed E-state index contributed by atoms with van der Waals surface area (Å²) in [7, 11) is 0. The zero-order valence-corrected chi connectivity index (χ0v) is 10.3. The lowest BCUT2D eigenvalue weighted by molar-refractivity contribution is 0.420. The Hall–Kier alpha value is -2.03. The van der Waals surface area contributed by atoms with Gasteiger partial charge in [0.25, 0.3) is 0 Å². The summed E-state index contributed by atoms with van der Waals surface area (Å²) in [5.41, 5.74) is 7.25. The van der Waals surface area contributed by atoms with Gasteiger partial charge in [0, 0.05) is 16.5 Å². The maximum absolute atomic E-state index is 5.13. The lowest BCUT2D eigenvalue weighted by Crippen LogP contribution is -1.85. The van der Waals surface area contributed by atoms with Crippen molar-refractivity contribution in [2.24, 2.45) is 0 Å². The highest BCUT2D eigenvalue weighted by Crippen LogP contribution is 2.35. The number of nitrogens with zero attached hydrogens (tertiary/aromatic N) is 1. The van der Waals surface area contributed by atoms with E-state index in [1.54, 1.807) is 6.26 Å². The van der Waals surface area contributed by atoms with Crippen LogP contribution in [0.5, 0.6) is 0 Å². The Morgan fingerprint density at radius 1 is 1.28 bits per heavy atom. The molecule has 4 rings (SSSR count). The molecule has 1 aliphatic carbocycles. The zero-order valence-electron chi connectivity index (χ0n) is 10.3. The molecule has 2 aromatic heterocycles. The van der Waals surface area contributed by atoms with Gasteiger partial charge in [0.05, 0.1) is 5.69 Å². The second-order valence-electron chi connectivity index (χ2n) is 5.07. The molecule has 1 aromatic carbocycles. The van der Waals surface area contributed by atoms with Gasteiger partial charge in [-0.2, -0.15) is 0 Å². The van der Waals surface area contributed by atoms with Gasteiger partial charge in [0.2, 0.25) is 0 Å². The lowest BCUT2D eigenvalue weighted by atomic mass is 10.0. The monoisotopic (exact) mass is 238 g/mol. The fourth-order valence-corrected chi connectivity index (χ4v) is 2.92. The lowest BCUT2D eigenvalue weighted by Gasteiger charge is -1.98. The van der Waals surface area contributed by atoms with E-state index in [-0.39, 0.29) is 0 Å². The molecular formula is C15H14N2O. The van der Waals surface area contributed by atoms with E-state index in [9.17, 15) is 0 Å². The number of rotatable bonds is 0. The topological polar surface area (TPSA) is 41.8 Å². The molecular weight excluding hydrogens is 224 g/mol. The first kappa shape index (κ1) is 9.95. The molecule has 2 heterocycles. The minimum atomic E-state index is 0.997. The van der Waals surface area contributed by atoms with Gasteiger partial charge in [0.15, 0.2) is 0 Å². The summed E-state index contributed by atoms with van der Waals surface area (Å²) >= 11 is 0. The number of aromatic amines is 1. The zero-order chi connectivity index (χ0) is 12.1. The summed E-state index contributed by atoms with van der Waals surface area (Å²) in [6.45, 7) is 2.14. The summed E-state index contributed by atoms with van der Waals surface area (Å²) in [5, 5.41) is 5.50. The van der Waals surface area contributed by atoms with Crippen molar-refractivity contribution in [3.8, 4) is 11.4 Å². The van der Waals surface area contributed by atoms with Gasteiger partial charge in [-0.3, -0.25) is 0 Å². The summed E-state index contributed by atoms with van der Waals surface area (Å²) in [5.74, 6) is 0. The number of fused-ring (bicyclic) bond motifs is 5. The second-order valence-corrected chi connectivity index (χ2v) is 5.07. The van der Waals surface area contributed by atoms with Crippen LogP contribution in [0.3, 0.4) is 0 Å². The molecule has 0 aliphatic heterocycles. The predicted molar refractivity (Wildman–Crippen MR) is 70.6 cm³/mol. The van der Waals surface area contributed by atoms with E-state index in [1.165, 1.54) is 27.6 Å². The molecule has 0 unspecified atom stereocenters. The average Bonchev–Trinajstić information content (AvgIpc) is 2.91. The van der Waals surface area contributed by atoms with Crippen LogP contribution in [-0.2, 0) is 12.8 Å². The van der Waals surface area contributed by atoms with E-state index < -0.39 is 0 Å². The molecule has 0 saturated heterocycles. The fraction of sp³-hybridized carbons (Fsp3) is 0.267. The number of benzene rings is 1. The molecule has 0 radical (unpaired) electrons. The number of hydrogen-bond acceptors (Lipinski definition) is 2. The van der Waals surface area contributed by atoms with Gasteiger partial charge in [0.1, 0.15) is 12.0 Å². The van der Waals surface area contributed by atoms with Crippen molar-refractivity contribution in [3.63, 3.8) is 0 Å². The van der Waals surface area contributed by atoms with Gasteiger partial charge in [-0.25, -0.2) is 0 Å². The van der Waals surface area contributed by atoms with Crippen LogP contribution in [0.15, 0.2) is 29.0 Å². The van der Waals surface area contributed by atoms with Crippen LogP contribution in [-0.4, -0.2) is 10.1 Å². The third kappa shape index (κ3) is 1.27. The van der Waals surface area contributed by atoms with Gasteiger partial charge in [-0.15, -0.1) is 0 Å². The Bertz CT molecular complexity index is 736. The van der Waals surface area contributed by atoms with E-state index in [2.05, 4.69) is 35.3 Å². The Morgan fingerprint density at radius 3 is 3.17 bits per heavy atom. The van der Waals surface area contributed by atoms with Crippen molar-refractivity contribution in [2.75, 3.05) is 0 Å². The molecule has 3 nitrogen and oxygen atoms in total. The maximum atomic E-state index is 5.13. The van der Waals surface area contributed by atoms with Gasteiger partial charge in [-0.05, 0) is 43.9 Å². The second kappa shape index (κ2) is 3.48. The van der Waals surface area contributed by atoms with Crippen LogP contribution < -0.4 is 0 Å². The van der Waals surface area contributed by atoms with Crippen LogP contribution in [0.2, 0.25) is 0 Å². The standard InChI is InChI=1S/C15H14N2O/c1-9-5-6-13-12(7-9)11-4-2-3-10-8-18-17-14(10)15(11)16-13/h5-8,16H,2-4H2,1H3. The van der Waals surface area contributed by atoms with Gasteiger partial charge < -0.3 is 9.51 Å². The van der Waals surface area contributed by atoms with Crippen molar-refractivity contribution in [3.05, 3.63) is 41.2 Å². The van der Waals surface area contributed by atoms with Crippen molar-refractivity contribution >= 4 is 10.9 Å². The smallest absolute Gasteiger partial charge is 0.133 e. The Balaban J connectivity index is 2.08.